The van der Waals surface area contributed by atoms with Gasteiger partial charge in [-0.1, -0.05) is 78.9 Å². The van der Waals surface area contributed by atoms with Crippen molar-refractivity contribution in [2.45, 2.75) is 4.90 Å². The SMILES string of the molecule is [Cu+].[S-]c1cccc2ccc3cccc([PH+](c4ccccc4)c4ccccc4)c3c12. The third-order valence-electron chi connectivity index (χ3n) is 5.24. The number of benzene rings is 5. The van der Waals surface area contributed by atoms with Crippen LogP contribution >= 0.6 is 7.92 Å². The molecule has 0 heterocycles. The van der Waals surface area contributed by atoms with E-state index in [1.165, 1.54) is 37.5 Å². The summed E-state index contributed by atoms with van der Waals surface area (Å²) < 4.78 is 0. The zero-order valence-electron chi connectivity index (χ0n) is 15.6. The standard InChI is InChI=1S/C26H19PS.Cu/c28-24-16-8-10-20-18-17-19-9-7-15-23(25(19)26(20)24)27(21-11-3-1-4-12-21)22-13-5-2-6-14-22;/h1-18,28H;/q;+1. The summed E-state index contributed by atoms with van der Waals surface area (Å²) in [4.78, 5) is 0.929. The van der Waals surface area contributed by atoms with E-state index in [4.69, 9.17) is 12.6 Å². The van der Waals surface area contributed by atoms with Gasteiger partial charge >= 0.3 is 17.1 Å². The minimum absolute atomic E-state index is 0. The van der Waals surface area contributed by atoms with Gasteiger partial charge in [-0.25, -0.2) is 0 Å². The molecule has 0 unspecified atom stereocenters. The van der Waals surface area contributed by atoms with Crippen LogP contribution in [0.25, 0.3) is 21.5 Å². The first-order valence-corrected chi connectivity index (χ1v) is 11.3. The van der Waals surface area contributed by atoms with Crippen LogP contribution in [0.15, 0.2) is 114 Å². The molecule has 0 bridgehead atoms. The third-order valence-corrected chi connectivity index (χ3v) is 8.36. The molecule has 3 heteroatoms. The predicted molar refractivity (Wildman–Crippen MR) is 127 cm³/mol. The van der Waals surface area contributed by atoms with Gasteiger partial charge in [-0.15, -0.1) is 0 Å². The molecule has 5 aromatic carbocycles. The van der Waals surface area contributed by atoms with Gasteiger partial charge in [0.1, 0.15) is 15.9 Å². The molecule has 144 valence electrons. The van der Waals surface area contributed by atoms with E-state index in [2.05, 4.69) is 103 Å². The van der Waals surface area contributed by atoms with E-state index in [-0.39, 0.29) is 17.1 Å². The van der Waals surface area contributed by atoms with Crippen LogP contribution in [0.2, 0.25) is 0 Å². The molecule has 0 fully saturated rings. The molecule has 0 saturated heterocycles. The molecule has 0 aromatic heterocycles. The Hall–Kier alpha value is -2.21. The van der Waals surface area contributed by atoms with Gasteiger partial charge < -0.3 is 12.6 Å². The van der Waals surface area contributed by atoms with Crippen LogP contribution in [0.5, 0.6) is 0 Å². The van der Waals surface area contributed by atoms with Gasteiger partial charge in [-0.2, -0.15) is 4.90 Å². The molecule has 5 rings (SSSR count). The van der Waals surface area contributed by atoms with Crippen molar-refractivity contribution in [1.29, 1.82) is 0 Å². The largest absolute Gasteiger partial charge is 1.00 e. The second-order valence-corrected chi connectivity index (χ2v) is 9.81. The number of rotatable bonds is 3. The summed E-state index contributed by atoms with van der Waals surface area (Å²) in [7, 11) is -1.16. The van der Waals surface area contributed by atoms with E-state index in [0.717, 1.165) is 4.90 Å². The average Bonchev–Trinajstić information content (AvgIpc) is 2.75. The third kappa shape index (κ3) is 3.70. The topological polar surface area (TPSA) is 0 Å². The van der Waals surface area contributed by atoms with Gasteiger partial charge in [0.15, 0.2) is 0 Å². The summed E-state index contributed by atoms with van der Waals surface area (Å²) in [5.41, 5.74) is 0. The van der Waals surface area contributed by atoms with Crippen LogP contribution in [-0.4, -0.2) is 0 Å². The number of hydrogen-bond donors (Lipinski definition) is 0. The van der Waals surface area contributed by atoms with Crippen molar-refractivity contribution in [2.24, 2.45) is 0 Å². The summed E-state index contributed by atoms with van der Waals surface area (Å²) in [5.74, 6) is 0. The summed E-state index contributed by atoms with van der Waals surface area (Å²) in [6.45, 7) is 0. The van der Waals surface area contributed by atoms with Crippen LogP contribution in [0.3, 0.4) is 0 Å². The minimum atomic E-state index is -1.16. The Morgan fingerprint density at radius 2 is 1.00 bits per heavy atom. The zero-order chi connectivity index (χ0) is 18.9. The Kier molecular flexibility index (Phi) is 5.99. The molecule has 0 N–H and O–H groups in total. The fraction of sp³-hybridized carbons (Fsp3) is 0. The average molecular weight is 458 g/mol. The molecule has 0 amide bonds. The van der Waals surface area contributed by atoms with E-state index in [1.54, 1.807) is 0 Å². The van der Waals surface area contributed by atoms with Crippen LogP contribution < -0.4 is 15.9 Å². The maximum atomic E-state index is 5.77. The molecule has 0 nitrogen and oxygen atoms in total. The Labute approximate surface area is 188 Å². The van der Waals surface area contributed by atoms with Gasteiger partial charge in [0.05, 0.1) is 7.92 Å². The monoisotopic (exact) mass is 457 g/mol. The van der Waals surface area contributed by atoms with Crippen LogP contribution in [-0.2, 0) is 29.7 Å². The molecular weight excluding hydrogens is 439 g/mol. The van der Waals surface area contributed by atoms with Crippen molar-refractivity contribution in [3.8, 4) is 0 Å². The Balaban J connectivity index is 0.00000205. The van der Waals surface area contributed by atoms with Crippen LogP contribution in [0.1, 0.15) is 0 Å². The van der Waals surface area contributed by atoms with Gasteiger partial charge in [0.2, 0.25) is 0 Å². The maximum Gasteiger partial charge on any atom is 1.00 e. The molecule has 0 atom stereocenters. The predicted octanol–water partition coefficient (Wildman–Crippen LogP) is 5.39. The van der Waals surface area contributed by atoms with Gasteiger partial charge in [0.25, 0.3) is 0 Å². The number of hydrogen-bond acceptors (Lipinski definition) is 1. The van der Waals surface area contributed by atoms with Gasteiger partial charge in [0, 0.05) is 5.39 Å². The maximum absolute atomic E-state index is 5.77. The molecule has 0 aliphatic rings. The van der Waals surface area contributed by atoms with Crippen molar-refractivity contribution >= 4 is 58.0 Å². The summed E-state index contributed by atoms with van der Waals surface area (Å²) in [6.07, 6.45) is 0. The molecule has 0 aliphatic heterocycles. The number of fused-ring (bicyclic) bond motifs is 3. The Morgan fingerprint density at radius 3 is 1.59 bits per heavy atom. The molecule has 0 spiro atoms. The van der Waals surface area contributed by atoms with E-state index in [0.29, 0.717) is 0 Å². The minimum Gasteiger partial charge on any atom is -0.779 e. The van der Waals surface area contributed by atoms with Crippen molar-refractivity contribution in [3.63, 3.8) is 0 Å². The Morgan fingerprint density at radius 1 is 0.483 bits per heavy atom. The second kappa shape index (κ2) is 8.66. The van der Waals surface area contributed by atoms with E-state index >= 15 is 0 Å². The molecular formula is C26H19CuPS+. The van der Waals surface area contributed by atoms with Gasteiger partial charge in [-0.3, -0.25) is 0 Å². The fourth-order valence-electron chi connectivity index (χ4n) is 4.02. The molecule has 0 aliphatic carbocycles. The second-order valence-electron chi connectivity index (χ2n) is 6.93. The summed E-state index contributed by atoms with van der Waals surface area (Å²) in [6, 6.07) is 39.2. The van der Waals surface area contributed by atoms with Crippen LogP contribution in [0, 0.1) is 0 Å². The van der Waals surface area contributed by atoms with Crippen molar-refractivity contribution in [1.82, 2.24) is 0 Å². The quantitative estimate of drug-likeness (QED) is 0.151. The molecule has 29 heavy (non-hydrogen) atoms. The Bertz CT molecular complexity index is 1230. The molecule has 5 aromatic rings. The van der Waals surface area contributed by atoms with E-state index in [1.807, 2.05) is 6.07 Å². The smallest absolute Gasteiger partial charge is 0.779 e. The van der Waals surface area contributed by atoms with Crippen molar-refractivity contribution < 1.29 is 17.1 Å². The molecule has 0 saturated carbocycles. The van der Waals surface area contributed by atoms with Crippen LogP contribution in [0.4, 0.5) is 0 Å². The van der Waals surface area contributed by atoms with Gasteiger partial charge in [-0.05, 0) is 46.5 Å². The van der Waals surface area contributed by atoms with E-state index < -0.39 is 7.92 Å². The molecule has 0 radical (unpaired) electrons. The summed E-state index contributed by atoms with van der Waals surface area (Å²) >= 11 is 5.77. The first-order valence-electron chi connectivity index (χ1n) is 9.42. The normalized spacial score (nSPS) is 10.9. The first kappa shape index (κ1) is 20.1. The van der Waals surface area contributed by atoms with Crippen molar-refractivity contribution in [3.05, 3.63) is 109 Å². The summed E-state index contributed by atoms with van der Waals surface area (Å²) in [5, 5.41) is 9.19. The van der Waals surface area contributed by atoms with E-state index in [9.17, 15) is 0 Å². The fourth-order valence-corrected chi connectivity index (χ4v) is 7.11. The zero-order valence-corrected chi connectivity index (χ0v) is 18.4. The van der Waals surface area contributed by atoms with Crippen molar-refractivity contribution in [2.75, 3.05) is 0 Å². The first-order chi connectivity index (χ1) is 13.8.